The fourth-order valence-electron chi connectivity index (χ4n) is 2.79. The maximum atomic E-state index is 12.3. The Kier molecular flexibility index (Phi) is 7.29. The summed E-state index contributed by atoms with van der Waals surface area (Å²) < 4.78 is 10.9. The van der Waals surface area contributed by atoms with Crippen LogP contribution in [0.4, 0.5) is 0 Å². The Morgan fingerprint density at radius 1 is 1.27 bits per heavy atom. The van der Waals surface area contributed by atoms with Crippen molar-refractivity contribution in [2.75, 3.05) is 32.9 Å². The van der Waals surface area contributed by atoms with Gasteiger partial charge in [-0.25, -0.2) is 0 Å². The number of hydrogen-bond donors (Lipinski definition) is 1. The van der Waals surface area contributed by atoms with Crippen molar-refractivity contribution in [2.45, 2.75) is 39.7 Å². The van der Waals surface area contributed by atoms with Gasteiger partial charge in [0.1, 0.15) is 11.8 Å². The van der Waals surface area contributed by atoms with Crippen LogP contribution in [0.1, 0.15) is 37.8 Å². The number of ether oxygens (including phenoxy) is 2. The Bertz CT molecular complexity index is 657. The van der Waals surface area contributed by atoms with Crippen LogP contribution in [0.15, 0.2) is 12.1 Å². The second kappa shape index (κ2) is 9.24. The third-order valence-corrected chi connectivity index (χ3v) is 4.75. The zero-order valence-corrected chi connectivity index (χ0v) is 16.6. The molecule has 144 valence electrons. The van der Waals surface area contributed by atoms with Gasteiger partial charge in [-0.05, 0) is 43.0 Å². The van der Waals surface area contributed by atoms with Crippen molar-refractivity contribution in [3.63, 3.8) is 0 Å². The topological polar surface area (TPSA) is 67.9 Å². The summed E-state index contributed by atoms with van der Waals surface area (Å²) in [5.74, 6) is 0.422. The van der Waals surface area contributed by atoms with Gasteiger partial charge in [-0.3, -0.25) is 9.59 Å². The molecule has 0 aliphatic carbocycles. The quantitative estimate of drug-likeness (QED) is 0.820. The molecule has 1 fully saturated rings. The summed E-state index contributed by atoms with van der Waals surface area (Å²) in [5, 5.41) is 3.38. The number of nitrogens with zero attached hydrogens (tertiary/aromatic N) is 1. The molecule has 0 spiro atoms. The standard InChI is InChI=1S/C19H27ClN2O4/c1-12(2)15-10-16(20)13(3)9-17(15)26-11-18(23)21-14(4)19(24)22-5-7-25-8-6-22/h9-10,12,14H,5-8,11H2,1-4H3,(H,21,23). The van der Waals surface area contributed by atoms with Crippen LogP contribution in [0.3, 0.4) is 0 Å². The van der Waals surface area contributed by atoms with Crippen LogP contribution in [0, 0.1) is 6.92 Å². The molecule has 7 heteroatoms. The number of carbonyl (C=O) groups excluding carboxylic acids is 2. The molecule has 26 heavy (non-hydrogen) atoms. The predicted octanol–water partition coefficient (Wildman–Crippen LogP) is 2.51. The van der Waals surface area contributed by atoms with Gasteiger partial charge in [0.2, 0.25) is 5.91 Å². The lowest BCUT2D eigenvalue weighted by molar-refractivity contribution is -0.139. The van der Waals surface area contributed by atoms with Crippen molar-refractivity contribution in [3.8, 4) is 5.75 Å². The Balaban J connectivity index is 1.92. The van der Waals surface area contributed by atoms with Crippen LogP contribution in [0.25, 0.3) is 0 Å². The summed E-state index contributed by atoms with van der Waals surface area (Å²) in [6.07, 6.45) is 0. The normalized spacial score (nSPS) is 15.7. The van der Waals surface area contributed by atoms with Crippen molar-refractivity contribution in [2.24, 2.45) is 0 Å². The van der Waals surface area contributed by atoms with Crippen LogP contribution in [0.5, 0.6) is 5.75 Å². The second-order valence-corrected chi connectivity index (χ2v) is 7.22. The van der Waals surface area contributed by atoms with Crippen LogP contribution in [-0.2, 0) is 14.3 Å². The maximum absolute atomic E-state index is 12.3. The highest BCUT2D eigenvalue weighted by molar-refractivity contribution is 6.31. The largest absolute Gasteiger partial charge is 0.483 e. The van der Waals surface area contributed by atoms with Crippen LogP contribution < -0.4 is 10.1 Å². The van der Waals surface area contributed by atoms with Gasteiger partial charge in [0.05, 0.1) is 13.2 Å². The minimum Gasteiger partial charge on any atom is -0.483 e. The molecule has 1 aromatic rings. The average Bonchev–Trinajstić information content (AvgIpc) is 2.62. The van der Waals surface area contributed by atoms with E-state index in [9.17, 15) is 9.59 Å². The van der Waals surface area contributed by atoms with Crippen molar-refractivity contribution < 1.29 is 19.1 Å². The summed E-state index contributed by atoms with van der Waals surface area (Å²) in [7, 11) is 0. The number of nitrogens with one attached hydrogen (secondary N) is 1. The summed E-state index contributed by atoms with van der Waals surface area (Å²) in [6.45, 7) is 9.67. The van der Waals surface area contributed by atoms with Crippen molar-refractivity contribution in [1.29, 1.82) is 0 Å². The fraction of sp³-hybridized carbons (Fsp3) is 0.579. The number of rotatable bonds is 6. The molecule has 1 heterocycles. The van der Waals surface area contributed by atoms with Gasteiger partial charge in [-0.1, -0.05) is 25.4 Å². The zero-order valence-electron chi connectivity index (χ0n) is 15.8. The molecule has 1 atom stereocenters. The monoisotopic (exact) mass is 382 g/mol. The van der Waals surface area contributed by atoms with E-state index in [-0.39, 0.29) is 24.3 Å². The Morgan fingerprint density at radius 3 is 2.54 bits per heavy atom. The van der Waals surface area contributed by atoms with Crippen LogP contribution in [0.2, 0.25) is 5.02 Å². The van der Waals surface area contributed by atoms with Crippen LogP contribution in [-0.4, -0.2) is 55.7 Å². The Labute approximate surface area is 159 Å². The van der Waals surface area contributed by atoms with Crippen molar-refractivity contribution >= 4 is 23.4 Å². The number of aryl methyl sites for hydroxylation is 1. The lowest BCUT2D eigenvalue weighted by Crippen LogP contribution is -2.51. The number of carbonyl (C=O) groups is 2. The van der Waals surface area contributed by atoms with Gasteiger partial charge >= 0.3 is 0 Å². The molecule has 0 bridgehead atoms. The van der Waals surface area contributed by atoms with E-state index in [1.54, 1.807) is 11.8 Å². The van der Waals surface area contributed by atoms with Gasteiger partial charge in [0, 0.05) is 18.1 Å². The second-order valence-electron chi connectivity index (χ2n) is 6.81. The summed E-state index contributed by atoms with van der Waals surface area (Å²) in [5.41, 5.74) is 1.84. The first kappa shape index (κ1) is 20.5. The van der Waals surface area contributed by atoms with E-state index >= 15 is 0 Å². The third-order valence-electron chi connectivity index (χ3n) is 4.34. The average molecular weight is 383 g/mol. The molecule has 0 aromatic heterocycles. The van der Waals surface area contributed by atoms with E-state index in [0.717, 1.165) is 11.1 Å². The minimum absolute atomic E-state index is 0.105. The molecule has 0 radical (unpaired) electrons. The molecule has 1 N–H and O–H groups in total. The molecule has 6 nitrogen and oxygen atoms in total. The highest BCUT2D eigenvalue weighted by atomic mass is 35.5. The van der Waals surface area contributed by atoms with Gasteiger partial charge < -0.3 is 19.7 Å². The molecular weight excluding hydrogens is 356 g/mol. The number of hydrogen-bond acceptors (Lipinski definition) is 4. The van der Waals surface area contributed by atoms with Gasteiger partial charge in [-0.2, -0.15) is 0 Å². The van der Waals surface area contributed by atoms with E-state index in [0.29, 0.717) is 37.1 Å². The lowest BCUT2D eigenvalue weighted by Gasteiger charge is -2.29. The first-order chi connectivity index (χ1) is 12.3. The summed E-state index contributed by atoms with van der Waals surface area (Å²) in [6, 6.07) is 3.12. The zero-order chi connectivity index (χ0) is 19.3. The van der Waals surface area contributed by atoms with Gasteiger partial charge in [-0.15, -0.1) is 0 Å². The maximum Gasteiger partial charge on any atom is 0.258 e. The number of halogens is 1. The Morgan fingerprint density at radius 2 is 1.92 bits per heavy atom. The first-order valence-electron chi connectivity index (χ1n) is 8.88. The number of benzene rings is 1. The van der Waals surface area contributed by atoms with E-state index in [2.05, 4.69) is 5.32 Å². The third kappa shape index (κ3) is 5.35. The SMILES string of the molecule is Cc1cc(OCC(=O)NC(C)C(=O)N2CCOCC2)c(C(C)C)cc1Cl. The smallest absolute Gasteiger partial charge is 0.258 e. The first-order valence-corrected chi connectivity index (χ1v) is 9.26. The Hall–Kier alpha value is -1.79. The molecular formula is C19H27ClN2O4. The van der Waals surface area contributed by atoms with Gasteiger partial charge in [0.25, 0.3) is 5.91 Å². The van der Waals surface area contributed by atoms with Crippen molar-refractivity contribution in [1.82, 2.24) is 10.2 Å². The molecule has 2 rings (SSSR count). The summed E-state index contributed by atoms with van der Waals surface area (Å²) >= 11 is 6.18. The van der Waals surface area contributed by atoms with E-state index in [1.807, 2.05) is 32.9 Å². The molecule has 0 saturated carbocycles. The van der Waals surface area contributed by atoms with Crippen molar-refractivity contribution in [3.05, 3.63) is 28.3 Å². The molecule has 1 aliphatic rings. The minimum atomic E-state index is -0.597. The lowest BCUT2D eigenvalue weighted by atomic mass is 10.0. The molecule has 1 aliphatic heterocycles. The highest BCUT2D eigenvalue weighted by Crippen LogP contribution is 2.31. The fourth-order valence-corrected chi connectivity index (χ4v) is 2.96. The predicted molar refractivity (Wildman–Crippen MR) is 101 cm³/mol. The molecule has 1 aromatic carbocycles. The van der Waals surface area contributed by atoms with E-state index in [4.69, 9.17) is 21.1 Å². The number of morpholine rings is 1. The molecule has 1 unspecified atom stereocenters. The summed E-state index contributed by atoms with van der Waals surface area (Å²) in [4.78, 5) is 26.2. The highest BCUT2D eigenvalue weighted by Gasteiger charge is 2.24. The molecule has 1 saturated heterocycles. The van der Waals surface area contributed by atoms with E-state index in [1.165, 1.54) is 0 Å². The molecule has 2 amide bonds. The van der Waals surface area contributed by atoms with Crippen LogP contribution >= 0.6 is 11.6 Å². The van der Waals surface area contributed by atoms with Gasteiger partial charge in [0.15, 0.2) is 6.61 Å². The van der Waals surface area contributed by atoms with E-state index < -0.39 is 6.04 Å². The number of amides is 2.